The van der Waals surface area contributed by atoms with Crippen LogP contribution in [0.15, 0.2) is 75.9 Å². The van der Waals surface area contributed by atoms with Crippen molar-refractivity contribution < 1.29 is 33.3 Å². The van der Waals surface area contributed by atoms with Crippen molar-refractivity contribution in [3.05, 3.63) is 88.1 Å². The van der Waals surface area contributed by atoms with Crippen LogP contribution in [0.4, 0.5) is 0 Å². The monoisotopic (exact) mass is 474 g/mol. The zero-order chi connectivity index (χ0) is 24.9. The highest BCUT2D eigenvalue weighted by molar-refractivity contribution is 5.93. The number of hydrogen-bond acceptors (Lipinski definition) is 8. The molecule has 0 spiro atoms. The minimum Gasteiger partial charge on any atom is -0.507 e. The lowest BCUT2D eigenvalue weighted by molar-refractivity contribution is -0.136. The summed E-state index contributed by atoms with van der Waals surface area (Å²) in [7, 11) is 0. The number of benzene rings is 3. The van der Waals surface area contributed by atoms with Crippen LogP contribution >= 0.6 is 0 Å². The van der Waals surface area contributed by atoms with Gasteiger partial charge >= 0.3 is 11.9 Å². The first kappa shape index (κ1) is 23.6. The first-order chi connectivity index (χ1) is 16.9. The van der Waals surface area contributed by atoms with Crippen LogP contribution < -0.4 is 14.9 Å². The Bertz CT molecular complexity index is 1450. The van der Waals surface area contributed by atoms with E-state index in [9.17, 15) is 19.5 Å². The average molecular weight is 474 g/mol. The number of fused-ring (bicyclic) bond motifs is 1. The molecule has 0 radical (unpaired) electrons. The van der Waals surface area contributed by atoms with E-state index >= 15 is 0 Å². The minimum absolute atomic E-state index is 0.00144. The molecule has 4 rings (SSSR count). The summed E-state index contributed by atoms with van der Waals surface area (Å²) in [6.07, 6.45) is 0. The molecule has 1 aromatic heterocycles. The van der Waals surface area contributed by atoms with E-state index in [1.54, 1.807) is 38.1 Å². The normalized spacial score (nSPS) is 10.7. The van der Waals surface area contributed by atoms with Gasteiger partial charge < -0.3 is 23.7 Å². The van der Waals surface area contributed by atoms with Crippen LogP contribution in [0.3, 0.4) is 0 Å². The summed E-state index contributed by atoms with van der Waals surface area (Å²) >= 11 is 0. The van der Waals surface area contributed by atoms with Gasteiger partial charge in [0.05, 0.1) is 6.61 Å². The molecule has 0 amide bonds. The molecule has 0 atom stereocenters. The van der Waals surface area contributed by atoms with E-state index in [0.717, 1.165) is 5.56 Å². The molecule has 3 aromatic carbocycles. The predicted molar refractivity (Wildman–Crippen MR) is 128 cm³/mol. The van der Waals surface area contributed by atoms with E-state index in [2.05, 4.69) is 0 Å². The maximum atomic E-state index is 12.6. The van der Waals surface area contributed by atoms with Crippen LogP contribution in [0, 0.1) is 6.92 Å². The minimum atomic E-state index is -0.778. The number of hydrogen-bond donors (Lipinski definition) is 1. The standard InChI is InChI=1S/C27H22O8/c1-3-32-27(31)19-10-9-16(2)11-23(19)35-25(30)15-33-18-12-20(28)26-21(29)14-22(34-24(26)13-18)17-7-5-4-6-8-17/h4-14,28H,3,15H2,1-2H3. The van der Waals surface area contributed by atoms with Gasteiger partial charge in [0.15, 0.2) is 12.0 Å². The van der Waals surface area contributed by atoms with Crippen molar-refractivity contribution in [2.45, 2.75) is 13.8 Å². The van der Waals surface area contributed by atoms with Crippen LogP contribution in [0.2, 0.25) is 0 Å². The zero-order valence-electron chi connectivity index (χ0n) is 19.1. The van der Waals surface area contributed by atoms with Crippen molar-refractivity contribution in [1.82, 2.24) is 0 Å². The number of aryl methyl sites for hydroxylation is 1. The van der Waals surface area contributed by atoms with Crippen LogP contribution in [-0.4, -0.2) is 30.3 Å². The Hall–Kier alpha value is -4.59. The van der Waals surface area contributed by atoms with Gasteiger partial charge in [-0.3, -0.25) is 4.79 Å². The first-order valence-corrected chi connectivity index (χ1v) is 10.8. The molecule has 0 bridgehead atoms. The van der Waals surface area contributed by atoms with Crippen molar-refractivity contribution in [1.29, 1.82) is 0 Å². The second-order valence-electron chi connectivity index (χ2n) is 7.64. The highest BCUT2D eigenvalue weighted by Gasteiger charge is 2.18. The molecular weight excluding hydrogens is 452 g/mol. The molecule has 0 unspecified atom stereocenters. The van der Waals surface area contributed by atoms with E-state index in [0.29, 0.717) is 11.3 Å². The van der Waals surface area contributed by atoms with Gasteiger partial charge in [0.1, 0.15) is 39.5 Å². The highest BCUT2D eigenvalue weighted by atomic mass is 16.6. The lowest BCUT2D eigenvalue weighted by Crippen LogP contribution is -2.19. The van der Waals surface area contributed by atoms with Crippen molar-refractivity contribution >= 4 is 22.9 Å². The molecule has 35 heavy (non-hydrogen) atoms. The smallest absolute Gasteiger partial charge is 0.349 e. The van der Waals surface area contributed by atoms with Gasteiger partial charge in [0.25, 0.3) is 0 Å². The summed E-state index contributed by atoms with van der Waals surface area (Å²) in [5.74, 6) is -1.26. The number of ether oxygens (including phenoxy) is 3. The van der Waals surface area contributed by atoms with Crippen LogP contribution in [0.1, 0.15) is 22.8 Å². The van der Waals surface area contributed by atoms with E-state index in [1.807, 2.05) is 18.2 Å². The van der Waals surface area contributed by atoms with Gasteiger partial charge in [-0.1, -0.05) is 36.4 Å². The largest absolute Gasteiger partial charge is 0.507 e. The molecule has 0 saturated carbocycles. The fraction of sp³-hybridized carbons (Fsp3) is 0.148. The van der Waals surface area contributed by atoms with Gasteiger partial charge in [0.2, 0.25) is 0 Å². The third-order valence-electron chi connectivity index (χ3n) is 5.05. The van der Waals surface area contributed by atoms with Crippen LogP contribution in [0.5, 0.6) is 17.2 Å². The summed E-state index contributed by atoms with van der Waals surface area (Å²) < 4.78 is 21.6. The molecule has 8 nitrogen and oxygen atoms in total. The topological polar surface area (TPSA) is 112 Å². The maximum Gasteiger partial charge on any atom is 0.349 e. The zero-order valence-corrected chi connectivity index (χ0v) is 19.1. The van der Waals surface area contributed by atoms with Gasteiger partial charge in [-0.2, -0.15) is 0 Å². The van der Waals surface area contributed by atoms with Crippen molar-refractivity contribution in [3.8, 4) is 28.6 Å². The van der Waals surface area contributed by atoms with E-state index < -0.39 is 24.0 Å². The quantitative estimate of drug-likeness (QED) is 0.305. The number of carbonyl (C=O) groups excluding carboxylic acids is 2. The third-order valence-corrected chi connectivity index (χ3v) is 5.05. The van der Waals surface area contributed by atoms with Crippen molar-refractivity contribution in [2.75, 3.05) is 13.2 Å². The second-order valence-corrected chi connectivity index (χ2v) is 7.64. The molecule has 1 N–H and O–H groups in total. The predicted octanol–water partition coefficient (Wildman–Crippen LogP) is 4.64. The summed E-state index contributed by atoms with van der Waals surface area (Å²) in [6, 6.07) is 17.7. The Morgan fingerprint density at radius 3 is 2.51 bits per heavy atom. The Kier molecular flexibility index (Phi) is 6.82. The lowest BCUT2D eigenvalue weighted by atomic mass is 10.1. The fourth-order valence-electron chi connectivity index (χ4n) is 3.46. The molecule has 0 aliphatic heterocycles. The maximum absolute atomic E-state index is 12.6. The number of phenolic OH excluding ortho intramolecular Hbond substituents is 1. The molecule has 0 saturated heterocycles. The molecular formula is C27H22O8. The first-order valence-electron chi connectivity index (χ1n) is 10.8. The molecule has 0 aliphatic carbocycles. The van der Waals surface area contributed by atoms with Crippen molar-refractivity contribution in [3.63, 3.8) is 0 Å². The molecule has 1 heterocycles. The number of esters is 2. The van der Waals surface area contributed by atoms with E-state index in [4.69, 9.17) is 18.6 Å². The number of phenols is 1. The SMILES string of the molecule is CCOC(=O)c1ccc(C)cc1OC(=O)COc1cc(O)c2c(=O)cc(-c3ccccc3)oc2c1. The third kappa shape index (κ3) is 5.33. The molecule has 4 aromatic rings. The second kappa shape index (κ2) is 10.1. The summed E-state index contributed by atoms with van der Waals surface area (Å²) in [6.45, 7) is 3.12. The van der Waals surface area contributed by atoms with Gasteiger partial charge in [-0.05, 0) is 31.5 Å². The molecule has 0 fully saturated rings. The van der Waals surface area contributed by atoms with E-state index in [1.165, 1.54) is 24.3 Å². The number of aromatic hydroxyl groups is 1. The number of rotatable bonds is 7. The Labute approximate surface area is 200 Å². The molecule has 0 aliphatic rings. The molecule has 8 heteroatoms. The Morgan fingerprint density at radius 1 is 1.00 bits per heavy atom. The fourth-order valence-corrected chi connectivity index (χ4v) is 3.46. The van der Waals surface area contributed by atoms with Gasteiger partial charge in [0, 0.05) is 23.8 Å². The summed E-state index contributed by atoms with van der Waals surface area (Å²) in [5.41, 5.74) is 1.27. The molecule has 178 valence electrons. The van der Waals surface area contributed by atoms with E-state index in [-0.39, 0.29) is 40.4 Å². The van der Waals surface area contributed by atoms with Crippen molar-refractivity contribution in [2.24, 2.45) is 0 Å². The Morgan fingerprint density at radius 2 is 1.77 bits per heavy atom. The lowest BCUT2D eigenvalue weighted by Gasteiger charge is -2.12. The summed E-state index contributed by atoms with van der Waals surface area (Å²) in [5, 5.41) is 10.4. The van der Waals surface area contributed by atoms with Gasteiger partial charge in [-0.15, -0.1) is 0 Å². The summed E-state index contributed by atoms with van der Waals surface area (Å²) in [4.78, 5) is 37.1. The van der Waals surface area contributed by atoms with Gasteiger partial charge in [-0.25, -0.2) is 9.59 Å². The average Bonchev–Trinajstić information content (AvgIpc) is 2.83. The highest BCUT2D eigenvalue weighted by Crippen LogP contribution is 2.31. The Balaban J connectivity index is 1.55. The number of carbonyl (C=O) groups is 2. The van der Waals surface area contributed by atoms with Crippen LogP contribution in [0.25, 0.3) is 22.3 Å². The van der Waals surface area contributed by atoms with Crippen LogP contribution in [-0.2, 0) is 9.53 Å².